The molecule has 5 heteroatoms. The number of hydrogen-bond donors (Lipinski definition) is 1. The minimum Gasteiger partial charge on any atom is -0.351 e. The third-order valence-electron chi connectivity index (χ3n) is 2.44. The molecule has 90 valence electrons. The predicted octanol–water partition coefficient (Wildman–Crippen LogP) is 2.79. The van der Waals surface area contributed by atoms with Crippen molar-refractivity contribution in [1.29, 1.82) is 0 Å². The lowest BCUT2D eigenvalue weighted by Crippen LogP contribution is -2.24. The minimum atomic E-state index is 0.00463. The molecule has 3 nitrogen and oxygen atoms in total. The Morgan fingerprint density at radius 3 is 2.88 bits per heavy atom. The lowest BCUT2D eigenvalue weighted by molar-refractivity contribution is 0.0958. The van der Waals surface area contributed by atoms with E-state index in [1.165, 1.54) is 16.2 Å². The Hall–Kier alpha value is -1.20. The number of rotatable bonds is 4. The van der Waals surface area contributed by atoms with E-state index in [-0.39, 0.29) is 5.91 Å². The largest absolute Gasteiger partial charge is 0.351 e. The molecule has 1 amide bonds. The fourth-order valence-corrected chi connectivity index (χ4v) is 3.00. The second-order valence-corrected chi connectivity index (χ2v) is 5.97. The van der Waals surface area contributed by atoms with Gasteiger partial charge in [-0.3, -0.25) is 4.79 Å². The van der Waals surface area contributed by atoms with Crippen LogP contribution in [0.2, 0.25) is 0 Å². The number of thiophene rings is 1. The summed E-state index contributed by atoms with van der Waals surface area (Å²) in [5.74, 6) is 0.00463. The zero-order valence-electron chi connectivity index (χ0n) is 9.82. The summed E-state index contributed by atoms with van der Waals surface area (Å²) >= 11 is 3.16. The fourth-order valence-electron chi connectivity index (χ4n) is 1.42. The molecule has 0 aromatic carbocycles. The second kappa shape index (κ2) is 5.42. The molecule has 0 atom stereocenters. The molecule has 0 fully saturated rings. The van der Waals surface area contributed by atoms with E-state index in [9.17, 15) is 4.79 Å². The van der Waals surface area contributed by atoms with E-state index in [1.54, 1.807) is 11.3 Å². The molecule has 2 aromatic rings. The van der Waals surface area contributed by atoms with Gasteiger partial charge in [0.1, 0.15) is 0 Å². The van der Waals surface area contributed by atoms with E-state index in [0.717, 1.165) is 22.0 Å². The molecule has 0 aliphatic rings. The van der Waals surface area contributed by atoms with Crippen molar-refractivity contribution in [3.63, 3.8) is 0 Å². The van der Waals surface area contributed by atoms with Crippen LogP contribution in [0.4, 0.5) is 0 Å². The zero-order chi connectivity index (χ0) is 12.3. The van der Waals surface area contributed by atoms with Crippen LogP contribution in [0.25, 0.3) is 0 Å². The number of carbonyl (C=O) groups is 1. The van der Waals surface area contributed by atoms with Crippen molar-refractivity contribution in [2.24, 2.45) is 0 Å². The highest BCUT2D eigenvalue weighted by Gasteiger charge is 2.07. The Morgan fingerprint density at radius 1 is 1.47 bits per heavy atom. The molecule has 0 saturated carbocycles. The van der Waals surface area contributed by atoms with Crippen LogP contribution in [0.5, 0.6) is 0 Å². The highest BCUT2D eigenvalue weighted by molar-refractivity contribution is 7.12. The quantitative estimate of drug-likeness (QED) is 0.924. The summed E-state index contributed by atoms with van der Waals surface area (Å²) in [5, 5.41) is 5.89. The maximum atomic E-state index is 11.7. The van der Waals surface area contributed by atoms with Crippen LogP contribution in [0, 0.1) is 13.8 Å². The lowest BCUT2D eigenvalue weighted by Gasteiger charge is -2.01. The Morgan fingerprint density at radius 2 is 2.29 bits per heavy atom. The van der Waals surface area contributed by atoms with Crippen LogP contribution in [0.1, 0.15) is 25.3 Å². The highest BCUT2D eigenvalue weighted by atomic mass is 32.1. The fraction of sp³-hybridized carbons (Fsp3) is 0.333. The van der Waals surface area contributed by atoms with Gasteiger partial charge in [0.05, 0.1) is 15.6 Å². The number of nitrogens with one attached hydrogen (secondary N) is 1. The topological polar surface area (TPSA) is 42.0 Å². The minimum absolute atomic E-state index is 0.00463. The number of thiazole rings is 1. The van der Waals surface area contributed by atoms with Gasteiger partial charge < -0.3 is 5.32 Å². The summed E-state index contributed by atoms with van der Waals surface area (Å²) in [6, 6.07) is 3.71. The normalized spacial score (nSPS) is 10.5. The lowest BCUT2D eigenvalue weighted by atomic mass is 10.4. The van der Waals surface area contributed by atoms with Gasteiger partial charge in [-0.25, -0.2) is 4.98 Å². The molecule has 0 aliphatic carbocycles. The Kier molecular flexibility index (Phi) is 3.91. The van der Waals surface area contributed by atoms with Gasteiger partial charge in [-0.1, -0.05) is 6.07 Å². The maximum absolute atomic E-state index is 11.7. The van der Waals surface area contributed by atoms with Crippen LogP contribution >= 0.6 is 22.7 Å². The highest BCUT2D eigenvalue weighted by Crippen LogP contribution is 2.16. The van der Waals surface area contributed by atoms with Gasteiger partial charge in [0.2, 0.25) is 0 Å². The smallest absolute Gasteiger partial charge is 0.261 e. The summed E-state index contributed by atoms with van der Waals surface area (Å²) in [6.07, 6.45) is 0.802. The number of hydrogen-bond acceptors (Lipinski definition) is 4. The predicted molar refractivity (Wildman–Crippen MR) is 71.9 cm³/mol. The summed E-state index contributed by atoms with van der Waals surface area (Å²) in [6.45, 7) is 4.73. The van der Waals surface area contributed by atoms with Crippen molar-refractivity contribution in [1.82, 2.24) is 10.3 Å². The molecule has 17 heavy (non-hydrogen) atoms. The van der Waals surface area contributed by atoms with Crippen molar-refractivity contribution in [3.05, 3.63) is 38.0 Å². The van der Waals surface area contributed by atoms with Gasteiger partial charge >= 0.3 is 0 Å². The van der Waals surface area contributed by atoms with Crippen LogP contribution in [0.3, 0.4) is 0 Å². The van der Waals surface area contributed by atoms with Crippen LogP contribution in [-0.4, -0.2) is 17.4 Å². The van der Waals surface area contributed by atoms with Gasteiger partial charge in [-0.15, -0.1) is 22.7 Å². The maximum Gasteiger partial charge on any atom is 0.261 e. The number of aryl methyl sites for hydroxylation is 2. The third kappa shape index (κ3) is 3.14. The van der Waals surface area contributed by atoms with Crippen molar-refractivity contribution >= 4 is 28.6 Å². The number of aromatic nitrogens is 1. The van der Waals surface area contributed by atoms with Crippen molar-refractivity contribution in [2.75, 3.05) is 6.54 Å². The van der Waals surface area contributed by atoms with Crippen LogP contribution in [-0.2, 0) is 6.42 Å². The molecule has 0 bridgehead atoms. The van der Waals surface area contributed by atoms with Gasteiger partial charge in [0.25, 0.3) is 5.91 Å². The molecule has 0 radical (unpaired) electrons. The van der Waals surface area contributed by atoms with Crippen molar-refractivity contribution in [2.45, 2.75) is 20.3 Å². The van der Waals surface area contributed by atoms with Crippen molar-refractivity contribution in [3.8, 4) is 0 Å². The first kappa shape index (κ1) is 12.3. The summed E-state index contributed by atoms with van der Waals surface area (Å²) < 4.78 is 0. The first-order valence-electron chi connectivity index (χ1n) is 5.41. The summed E-state index contributed by atoms with van der Waals surface area (Å²) in [4.78, 5) is 18.1. The molecule has 2 heterocycles. The second-order valence-electron chi connectivity index (χ2n) is 3.73. The van der Waals surface area contributed by atoms with E-state index >= 15 is 0 Å². The average molecular weight is 266 g/mol. The molecule has 1 N–H and O–H groups in total. The first-order chi connectivity index (χ1) is 8.16. The van der Waals surface area contributed by atoms with E-state index in [1.807, 2.05) is 24.4 Å². The SMILES string of the molecule is Cc1nc(CCNC(=O)c2cccs2)sc1C. The molecule has 0 aliphatic heterocycles. The van der Waals surface area contributed by atoms with Crippen LogP contribution in [0.15, 0.2) is 17.5 Å². The standard InChI is InChI=1S/C12H14N2OS2/c1-8-9(2)17-11(14-8)5-6-13-12(15)10-4-3-7-16-10/h3-4,7H,5-6H2,1-2H3,(H,13,15). The molecule has 0 saturated heterocycles. The molecule has 0 unspecified atom stereocenters. The van der Waals surface area contributed by atoms with Gasteiger partial charge in [0.15, 0.2) is 0 Å². The molecular formula is C12H14N2OS2. The monoisotopic (exact) mass is 266 g/mol. The Balaban J connectivity index is 1.82. The summed E-state index contributed by atoms with van der Waals surface area (Å²) in [5.41, 5.74) is 1.09. The van der Waals surface area contributed by atoms with Gasteiger partial charge in [-0.05, 0) is 25.3 Å². The van der Waals surface area contributed by atoms with Gasteiger partial charge in [-0.2, -0.15) is 0 Å². The van der Waals surface area contributed by atoms with E-state index < -0.39 is 0 Å². The third-order valence-corrected chi connectivity index (χ3v) is 4.44. The molecule has 2 rings (SSSR count). The van der Waals surface area contributed by atoms with E-state index in [4.69, 9.17) is 0 Å². The van der Waals surface area contributed by atoms with E-state index in [2.05, 4.69) is 17.2 Å². The van der Waals surface area contributed by atoms with Crippen LogP contribution < -0.4 is 5.32 Å². The van der Waals surface area contributed by atoms with Gasteiger partial charge in [0, 0.05) is 17.8 Å². The molecular weight excluding hydrogens is 252 g/mol. The first-order valence-corrected chi connectivity index (χ1v) is 7.11. The number of carbonyl (C=O) groups excluding carboxylic acids is 1. The van der Waals surface area contributed by atoms with Crippen molar-refractivity contribution < 1.29 is 4.79 Å². The zero-order valence-corrected chi connectivity index (χ0v) is 11.5. The molecule has 2 aromatic heterocycles. The number of amides is 1. The van der Waals surface area contributed by atoms with E-state index in [0.29, 0.717) is 6.54 Å². The molecule has 0 spiro atoms. The Bertz CT molecular complexity index is 483. The summed E-state index contributed by atoms with van der Waals surface area (Å²) in [7, 11) is 0. The average Bonchev–Trinajstić information content (AvgIpc) is 2.90. The Labute approximate surface area is 109 Å². The number of nitrogens with zero attached hydrogens (tertiary/aromatic N) is 1.